The summed E-state index contributed by atoms with van der Waals surface area (Å²) in [6, 6.07) is 2.06. The number of anilines is 1. The minimum absolute atomic E-state index is 0.0634. The van der Waals surface area contributed by atoms with E-state index in [1.807, 2.05) is 0 Å². The van der Waals surface area contributed by atoms with E-state index in [-0.39, 0.29) is 12.5 Å². The molecule has 4 nitrogen and oxygen atoms in total. The second kappa shape index (κ2) is 5.84. The minimum Gasteiger partial charge on any atom is -0.375 e. The molecule has 2 rings (SSSR count). The highest BCUT2D eigenvalue weighted by molar-refractivity contribution is 9.10. The number of hydrogen-bond acceptors (Lipinski definition) is 4. The maximum atomic E-state index is 13.1. The third-order valence-corrected chi connectivity index (χ3v) is 4.27. The molecule has 8 heteroatoms. The molecule has 0 spiro atoms. The molecule has 0 bridgehead atoms. The number of nitrogen functional groups attached to an aromatic ring is 1. The van der Waals surface area contributed by atoms with Crippen LogP contribution in [0.2, 0.25) is 0 Å². The summed E-state index contributed by atoms with van der Waals surface area (Å²) in [6.45, 7) is 1.74. The molecule has 106 valence electrons. The molecule has 1 heterocycles. The summed E-state index contributed by atoms with van der Waals surface area (Å²) >= 11 is 4.19. The molecule has 0 aliphatic heterocycles. The van der Waals surface area contributed by atoms with Crippen LogP contribution < -0.4 is 11.1 Å². The number of hydrogen-bond donors (Lipinski definition) is 2. The van der Waals surface area contributed by atoms with E-state index in [9.17, 15) is 13.6 Å². The molecule has 0 aliphatic rings. The number of nitrogens with one attached hydrogen (secondary N) is 1. The predicted molar refractivity (Wildman–Crippen MR) is 76.5 cm³/mol. The van der Waals surface area contributed by atoms with Crippen molar-refractivity contribution in [2.24, 2.45) is 0 Å². The lowest BCUT2D eigenvalue weighted by molar-refractivity contribution is 0.0954. The Balaban J connectivity index is 2.11. The van der Waals surface area contributed by atoms with Crippen molar-refractivity contribution in [2.45, 2.75) is 13.5 Å². The van der Waals surface area contributed by atoms with E-state index >= 15 is 0 Å². The lowest BCUT2D eigenvalue weighted by atomic mass is 10.2. The first kappa shape index (κ1) is 14.9. The van der Waals surface area contributed by atoms with Crippen LogP contribution in [0.15, 0.2) is 16.6 Å². The van der Waals surface area contributed by atoms with Crippen molar-refractivity contribution >= 4 is 38.3 Å². The Labute approximate surface area is 126 Å². The van der Waals surface area contributed by atoms with Gasteiger partial charge >= 0.3 is 0 Å². The van der Waals surface area contributed by atoms with E-state index in [0.29, 0.717) is 25.7 Å². The van der Waals surface area contributed by atoms with Crippen molar-refractivity contribution in [3.8, 4) is 0 Å². The Morgan fingerprint density at radius 3 is 2.70 bits per heavy atom. The van der Waals surface area contributed by atoms with Gasteiger partial charge < -0.3 is 11.1 Å². The van der Waals surface area contributed by atoms with E-state index in [1.165, 1.54) is 0 Å². The summed E-state index contributed by atoms with van der Waals surface area (Å²) in [5, 5.41) is 2.92. The maximum absolute atomic E-state index is 13.1. The van der Waals surface area contributed by atoms with E-state index in [1.54, 1.807) is 6.92 Å². The van der Waals surface area contributed by atoms with Gasteiger partial charge in [-0.15, -0.1) is 0 Å². The van der Waals surface area contributed by atoms with Gasteiger partial charge in [-0.3, -0.25) is 4.79 Å². The third kappa shape index (κ3) is 3.13. The summed E-state index contributed by atoms with van der Waals surface area (Å²) in [5.41, 5.74) is 6.49. The number of benzene rings is 1. The Bertz CT molecular complexity index is 675. The fourth-order valence-corrected chi connectivity index (χ4v) is 2.79. The van der Waals surface area contributed by atoms with Crippen LogP contribution >= 0.6 is 27.3 Å². The summed E-state index contributed by atoms with van der Waals surface area (Å²) < 4.78 is 26.5. The molecular formula is C12H10BrF2N3OS. The van der Waals surface area contributed by atoms with Gasteiger partial charge in [-0.25, -0.2) is 13.8 Å². The molecule has 20 heavy (non-hydrogen) atoms. The molecule has 1 amide bonds. The molecule has 0 fully saturated rings. The van der Waals surface area contributed by atoms with Gasteiger partial charge in [-0.1, -0.05) is 27.3 Å². The summed E-state index contributed by atoms with van der Waals surface area (Å²) in [5.74, 6) is -2.26. The van der Waals surface area contributed by atoms with Crippen molar-refractivity contribution in [1.29, 1.82) is 0 Å². The molecule has 0 saturated carbocycles. The molecular weight excluding hydrogens is 352 g/mol. The van der Waals surface area contributed by atoms with Gasteiger partial charge in [0, 0.05) is 11.0 Å². The number of carbonyl (C=O) groups is 1. The van der Waals surface area contributed by atoms with E-state index < -0.39 is 11.6 Å². The average molecular weight is 362 g/mol. The summed E-state index contributed by atoms with van der Waals surface area (Å²) in [6.07, 6.45) is 0. The van der Waals surface area contributed by atoms with Crippen LogP contribution in [-0.4, -0.2) is 10.9 Å². The number of amides is 1. The quantitative estimate of drug-likeness (QED) is 0.825. The van der Waals surface area contributed by atoms with E-state index in [4.69, 9.17) is 5.73 Å². The highest BCUT2D eigenvalue weighted by atomic mass is 79.9. The van der Waals surface area contributed by atoms with Gasteiger partial charge in [0.05, 0.1) is 5.69 Å². The molecule has 0 atom stereocenters. The molecule has 1 aromatic heterocycles. The normalized spacial score (nSPS) is 10.6. The fourth-order valence-electron chi connectivity index (χ4n) is 1.58. The first-order valence-corrected chi connectivity index (χ1v) is 7.14. The fraction of sp³-hybridized carbons (Fsp3) is 0.167. The number of aromatic nitrogens is 1. The topological polar surface area (TPSA) is 68.0 Å². The first-order chi connectivity index (χ1) is 9.38. The Hall–Kier alpha value is -1.54. The lowest BCUT2D eigenvalue weighted by Crippen LogP contribution is -2.23. The lowest BCUT2D eigenvalue weighted by Gasteiger charge is -2.07. The van der Waals surface area contributed by atoms with Gasteiger partial charge in [-0.05, 0) is 24.6 Å². The number of rotatable bonds is 3. The minimum atomic E-state index is -0.962. The van der Waals surface area contributed by atoms with Gasteiger partial charge in [0.1, 0.15) is 4.88 Å². The zero-order valence-corrected chi connectivity index (χ0v) is 12.7. The van der Waals surface area contributed by atoms with Crippen LogP contribution in [0.3, 0.4) is 0 Å². The van der Waals surface area contributed by atoms with Gasteiger partial charge in [0.15, 0.2) is 16.8 Å². The smallest absolute Gasteiger partial charge is 0.263 e. The Morgan fingerprint density at radius 1 is 1.45 bits per heavy atom. The zero-order valence-electron chi connectivity index (χ0n) is 10.3. The number of nitrogens with two attached hydrogens (primary N) is 1. The third-order valence-electron chi connectivity index (χ3n) is 2.55. The highest BCUT2D eigenvalue weighted by Gasteiger charge is 2.15. The maximum Gasteiger partial charge on any atom is 0.263 e. The van der Waals surface area contributed by atoms with Gasteiger partial charge in [-0.2, -0.15) is 0 Å². The Morgan fingerprint density at radius 2 is 2.10 bits per heavy atom. The Kier molecular flexibility index (Phi) is 4.34. The van der Waals surface area contributed by atoms with E-state index in [2.05, 4.69) is 26.2 Å². The molecule has 2 aromatic rings. The van der Waals surface area contributed by atoms with Crippen LogP contribution in [0.4, 0.5) is 13.9 Å². The zero-order chi connectivity index (χ0) is 14.9. The first-order valence-electron chi connectivity index (χ1n) is 5.53. The predicted octanol–water partition coefficient (Wildman–Crippen LogP) is 3.00. The number of halogens is 3. The van der Waals surface area contributed by atoms with E-state index in [0.717, 1.165) is 23.5 Å². The van der Waals surface area contributed by atoms with Crippen molar-refractivity contribution < 1.29 is 13.6 Å². The highest BCUT2D eigenvalue weighted by Crippen LogP contribution is 2.22. The molecule has 0 aliphatic carbocycles. The second-order valence-electron chi connectivity index (χ2n) is 4.01. The van der Waals surface area contributed by atoms with Crippen LogP contribution in [-0.2, 0) is 6.54 Å². The summed E-state index contributed by atoms with van der Waals surface area (Å²) in [4.78, 5) is 16.3. The average Bonchev–Trinajstić information content (AvgIpc) is 2.71. The van der Waals surface area contributed by atoms with Crippen molar-refractivity contribution in [2.75, 3.05) is 5.73 Å². The van der Waals surface area contributed by atoms with Crippen LogP contribution in [0.1, 0.15) is 20.9 Å². The number of thiazole rings is 1. The van der Waals surface area contributed by atoms with Crippen molar-refractivity contribution in [3.63, 3.8) is 0 Å². The van der Waals surface area contributed by atoms with Crippen LogP contribution in [0, 0.1) is 18.6 Å². The number of aryl methyl sites for hydroxylation is 1. The number of nitrogens with zero attached hydrogens (tertiary/aromatic N) is 1. The molecule has 0 saturated heterocycles. The molecule has 3 N–H and O–H groups in total. The summed E-state index contributed by atoms with van der Waals surface area (Å²) in [7, 11) is 0. The number of carbonyl (C=O) groups excluding carboxylic acids is 1. The monoisotopic (exact) mass is 361 g/mol. The van der Waals surface area contributed by atoms with Crippen molar-refractivity contribution in [1.82, 2.24) is 10.3 Å². The van der Waals surface area contributed by atoms with Gasteiger partial charge in [0.25, 0.3) is 5.91 Å². The van der Waals surface area contributed by atoms with Crippen LogP contribution in [0.25, 0.3) is 0 Å². The van der Waals surface area contributed by atoms with Crippen LogP contribution in [0.5, 0.6) is 0 Å². The van der Waals surface area contributed by atoms with Crippen molar-refractivity contribution in [3.05, 3.63) is 44.4 Å². The SMILES string of the molecule is Cc1nc(N)sc1C(=O)NCc1cc(F)c(F)cc1Br. The molecule has 0 unspecified atom stereocenters. The standard InChI is InChI=1S/C12H10BrF2N3OS/c1-5-10(20-12(16)18-5)11(19)17-4-6-2-8(14)9(15)3-7(6)13/h2-3H,4H2,1H3,(H2,16,18)(H,17,19). The van der Waals surface area contributed by atoms with Gasteiger partial charge in [0.2, 0.25) is 0 Å². The molecule has 0 radical (unpaired) electrons. The molecule has 1 aromatic carbocycles. The largest absolute Gasteiger partial charge is 0.375 e. The second-order valence-corrected chi connectivity index (χ2v) is 5.89.